The van der Waals surface area contributed by atoms with Crippen molar-refractivity contribution in [3.8, 4) is 0 Å². The molecule has 3 heteroatoms. The number of benzene rings is 2. The highest BCUT2D eigenvalue weighted by molar-refractivity contribution is 5.31. The highest BCUT2D eigenvalue weighted by Crippen LogP contribution is 2.25. The largest absolute Gasteiger partial charge is 0.395 e. The van der Waals surface area contributed by atoms with Crippen molar-refractivity contribution in [1.82, 2.24) is 5.32 Å². The zero-order valence-corrected chi connectivity index (χ0v) is 12.0. The minimum Gasteiger partial charge on any atom is -0.395 e. The molecule has 1 heterocycles. The SMILES string of the molecule is OCC(Cc1ccccc1)NC1COCc2ccccc21. The van der Waals surface area contributed by atoms with E-state index in [1.54, 1.807) is 0 Å². The van der Waals surface area contributed by atoms with E-state index in [9.17, 15) is 5.11 Å². The first-order chi connectivity index (χ1) is 10.4. The van der Waals surface area contributed by atoms with Gasteiger partial charge in [0, 0.05) is 6.04 Å². The minimum atomic E-state index is 0.0344. The van der Waals surface area contributed by atoms with Gasteiger partial charge >= 0.3 is 0 Å². The molecule has 1 aliphatic heterocycles. The standard InChI is InChI=1S/C18H21NO2/c20-11-16(10-14-6-2-1-3-7-14)19-18-13-21-12-15-8-4-5-9-17(15)18/h1-9,16,18-20H,10-13H2. The van der Waals surface area contributed by atoms with E-state index in [4.69, 9.17) is 4.74 Å². The molecule has 110 valence electrons. The highest BCUT2D eigenvalue weighted by atomic mass is 16.5. The summed E-state index contributed by atoms with van der Waals surface area (Å²) < 4.78 is 5.66. The molecular formula is C18H21NO2. The minimum absolute atomic E-state index is 0.0344. The summed E-state index contributed by atoms with van der Waals surface area (Å²) >= 11 is 0. The zero-order valence-electron chi connectivity index (χ0n) is 12.0. The van der Waals surface area contributed by atoms with E-state index in [2.05, 4.69) is 35.6 Å². The lowest BCUT2D eigenvalue weighted by atomic mass is 9.97. The Morgan fingerprint density at radius 3 is 2.67 bits per heavy atom. The molecule has 3 nitrogen and oxygen atoms in total. The second kappa shape index (κ2) is 6.85. The van der Waals surface area contributed by atoms with E-state index >= 15 is 0 Å². The Balaban J connectivity index is 1.70. The van der Waals surface area contributed by atoms with Gasteiger partial charge in [0.05, 0.1) is 25.9 Å². The fourth-order valence-electron chi connectivity index (χ4n) is 2.88. The number of nitrogens with one attached hydrogen (secondary N) is 1. The van der Waals surface area contributed by atoms with Gasteiger partial charge in [-0.25, -0.2) is 0 Å². The Kier molecular flexibility index (Phi) is 4.65. The molecular weight excluding hydrogens is 262 g/mol. The van der Waals surface area contributed by atoms with Gasteiger partial charge in [-0.1, -0.05) is 54.6 Å². The smallest absolute Gasteiger partial charge is 0.0721 e. The first kappa shape index (κ1) is 14.3. The van der Waals surface area contributed by atoms with Crippen LogP contribution in [0, 0.1) is 0 Å². The number of rotatable bonds is 5. The van der Waals surface area contributed by atoms with Crippen LogP contribution in [-0.2, 0) is 17.8 Å². The van der Waals surface area contributed by atoms with Crippen LogP contribution in [0.15, 0.2) is 54.6 Å². The molecule has 0 amide bonds. The first-order valence-corrected chi connectivity index (χ1v) is 7.43. The van der Waals surface area contributed by atoms with Gasteiger partial charge in [-0.2, -0.15) is 0 Å². The monoisotopic (exact) mass is 283 g/mol. The van der Waals surface area contributed by atoms with Gasteiger partial charge in [0.2, 0.25) is 0 Å². The highest BCUT2D eigenvalue weighted by Gasteiger charge is 2.22. The average molecular weight is 283 g/mol. The fourth-order valence-corrected chi connectivity index (χ4v) is 2.88. The third-order valence-electron chi connectivity index (χ3n) is 3.95. The van der Waals surface area contributed by atoms with Crippen molar-refractivity contribution in [2.24, 2.45) is 0 Å². The fraction of sp³-hybridized carbons (Fsp3) is 0.333. The summed E-state index contributed by atoms with van der Waals surface area (Å²) in [6.45, 7) is 1.45. The van der Waals surface area contributed by atoms with Gasteiger partial charge in [0.15, 0.2) is 0 Å². The van der Waals surface area contributed by atoms with Gasteiger partial charge < -0.3 is 15.2 Å². The van der Waals surface area contributed by atoms with E-state index < -0.39 is 0 Å². The predicted molar refractivity (Wildman–Crippen MR) is 83.0 cm³/mol. The Morgan fingerprint density at radius 2 is 1.86 bits per heavy atom. The summed E-state index contributed by atoms with van der Waals surface area (Å²) in [5.74, 6) is 0. The van der Waals surface area contributed by atoms with Crippen LogP contribution in [0.1, 0.15) is 22.7 Å². The Morgan fingerprint density at radius 1 is 1.10 bits per heavy atom. The molecule has 1 aliphatic rings. The van der Waals surface area contributed by atoms with E-state index in [1.807, 2.05) is 24.3 Å². The van der Waals surface area contributed by atoms with Crippen LogP contribution in [0.3, 0.4) is 0 Å². The van der Waals surface area contributed by atoms with Crippen molar-refractivity contribution < 1.29 is 9.84 Å². The number of ether oxygens (including phenoxy) is 1. The van der Waals surface area contributed by atoms with Crippen LogP contribution >= 0.6 is 0 Å². The molecule has 0 saturated heterocycles. The van der Waals surface area contributed by atoms with Crippen LogP contribution in [0.5, 0.6) is 0 Å². The molecule has 0 aromatic heterocycles. The van der Waals surface area contributed by atoms with Crippen LogP contribution in [0.4, 0.5) is 0 Å². The molecule has 2 N–H and O–H groups in total. The summed E-state index contributed by atoms with van der Waals surface area (Å²) in [6.07, 6.45) is 0.815. The summed E-state index contributed by atoms with van der Waals surface area (Å²) in [5.41, 5.74) is 3.75. The number of aliphatic hydroxyl groups excluding tert-OH is 1. The second-order valence-corrected chi connectivity index (χ2v) is 5.50. The van der Waals surface area contributed by atoms with Crippen molar-refractivity contribution in [3.05, 3.63) is 71.3 Å². The van der Waals surface area contributed by atoms with E-state index in [1.165, 1.54) is 16.7 Å². The van der Waals surface area contributed by atoms with Crippen LogP contribution in [0.2, 0.25) is 0 Å². The zero-order chi connectivity index (χ0) is 14.5. The summed E-state index contributed by atoms with van der Waals surface area (Å²) in [6, 6.07) is 18.8. The third kappa shape index (κ3) is 3.50. The van der Waals surface area contributed by atoms with E-state index in [-0.39, 0.29) is 18.7 Å². The Bertz CT molecular complexity index is 570. The van der Waals surface area contributed by atoms with Crippen molar-refractivity contribution in [2.45, 2.75) is 25.1 Å². The van der Waals surface area contributed by atoms with Crippen LogP contribution in [0.25, 0.3) is 0 Å². The maximum absolute atomic E-state index is 9.66. The summed E-state index contributed by atoms with van der Waals surface area (Å²) in [5, 5.41) is 13.2. The lowest BCUT2D eigenvalue weighted by Gasteiger charge is -2.30. The van der Waals surface area contributed by atoms with Crippen LogP contribution < -0.4 is 5.32 Å². The molecule has 2 aromatic rings. The molecule has 2 aromatic carbocycles. The van der Waals surface area contributed by atoms with Crippen molar-refractivity contribution in [1.29, 1.82) is 0 Å². The molecule has 0 fully saturated rings. The molecule has 0 bridgehead atoms. The number of hydrogen-bond acceptors (Lipinski definition) is 3. The van der Waals surface area contributed by atoms with Gasteiger partial charge in [-0.15, -0.1) is 0 Å². The van der Waals surface area contributed by atoms with Crippen molar-refractivity contribution in [2.75, 3.05) is 13.2 Å². The molecule has 0 aliphatic carbocycles. The normalized spacial score (nSPS) is 19.0. The molecule has 3 rings (SSSR count). The van der Waals surface area contributed by atoms with E-state index in [0.717, 1.165) is 6.42 Å². The Hall–Kier alpha value is -1.68. The molecule has 0 radical (unpaired) electrons. The molecule has 2 atom stereocenters. The van der Waals surface area contributed by atoms with Crippen molar-refractivity contribution in [3.63, 3.8) is 0 Å². The van der Waals surface area contributed by atoms with Gasteiger partial charge in [-0.3, -0.25) is 0 Å². The number of fused-ring (bicyclic) bond motifs is 1. The molecule has 21 heavy (non-hydrogen) atoms. The maximum atomic E-state index is 9.66. The third-order valence-corrected chi connectivity index (χ3v) is 3.95. The molecule has 0 saturated carbocycles. The number of hydrogen-bond donors (Lipinski definition) is 2. The maximum Gasteiger partial charge on any atom is 0.0721 e. The lowest BCUT2D eigenvalue weighted by Crippen LogP contribution is -2.40. The van der Waals surface area contributed by atoms with Crippen LogP contribution in [-0.4, -0.2) is 24.4 Å². The van der Waals surface area contributed by atoms with Crippen molar-refractivity contribution >= 4 is 0 Å². The Labute approximate surface area is 125 Å². The topological polar surface area (TPSA) is 41.5 Å². The second-order valence-electron chi connectivity index (χ2n) is 5.50. The first-order valence-electron chi connectivity index (χ1n) is 7.43. The predicted octanol–water partition coefficient (Wildman–Crippen LogP) is 2.45. The lowest BCUT2D eigenvalue weighted by molar-refractivity contribution is 0.0744. The number of aliphatic hydroxyl groups is 1. The average Bonchev–Trinajstić information content (AvgIpc) is 2.55. The molecule has 2 unspecified atom stereocenters. The van der Waals surface area contributed by atoms with Gasteiger partial charge in [-0.05, 0) is 23.1 Å². The molecule has 0 spiro atoms. The van der Waals surface area contributed by atoms with Gasteiger partial charge in [0.25, 0.3) is 0 Å². The summed E-state index contributed by atoms with van der Waals surface area (Å²) in [4.78, 5) is 0. The van der Waals surface area contributed by atoms with E-state index in [0.29, 0.717) is 13.2 Å². The summed E-state index contributed by atoms with van der Waals surface area (Å²) in [7, 11) is 0. The quantitative estimate of drug-likeness (QED) is 0.885. The van der Waals surface area contributed by atoms with Gasteiger partial charge in [0.1, 0.15) is 0 Å².